The molecule has 5 rings (SSSR count). The van der Waals surface area contributed by atoms with Crippen LogP contribution in [0.4, 0.5) is 15.9 Å². The summed E-state index contributed by atoms with van der Waals surface area (Å²) in [6, 6.07) is 9.73. The number of benzene rings is 2. The number of rotatable bonds is 6. The Labute approximate surface area is 194 Å². The van der Waals surface area contributed by atoms with Crippen LogP contribution in [0.5, 0.6) is 11.5 Å². The van der Waals surface area contributed by atoms with Crippen molar-refractivity contribution < 1.29 is 23.4 Å². The third kappa shape index (κ3) is 3.67. The van der Waals surface area contributed by atoms with Crippen molar-refractivity contribution in [3.63, 3.8) is 0 Å². The Balaban J connectivity index is 1.46. The third-order valence-electron chi connectivity index (χ3n) is 5.79. The lowest BCUT2D eigenvalue weighted by atomic mass is 10.1. The van der Waals surface area contributed by atoms with Crippen molar-refractivity contribution in [2.75, 3.05) is 25.3 Å². The first-order valence-electron chi connectivity index (χ1n) is 10.5. The molecule has 4 aromatic rings. The van der Waals surface area contributed by atoms with Gasteiger partial charge in [0, 0.05) is 23.4 Å². The van der Waals surface area contributed by atoms with E-state index in [1.165, 1.54) is 32.7 Å². The second-order valence-corrected chi connectivity index (χ2v) is 7.78. The van der Waals surface area contributed by atoms with E-state index in [2.05, 4.69) is 15.3 Å². The Morgan fingerprint density at radius 2 is 2.03 bits per heavy atom. The number of aromatic nitrogens is 3. The Hall–Kier alpha value is -4.18. The number of amides is 1. The van der Waals surface area contributed by atoms with Gasteiger partial charge in [-0.05, 0) is 23.8 Å². The average Bonchev–Trinajstić information content (AvgIpc) is 3.42. The topological polar surface area (TPSA) is 114 Å². The van der Waals surface area contributed by atoms with Crippen molar-refractivity contribution in [2.24, 2.45) is 0 Å². The number of nitrogen functional groups attached to an aromatic ring is 1. The second kappa shape index (κ2) is 8.64. The first kappa shape index (κ1) is 21.7. The molecule has 1 amide bonds. The number of nitrogens with one attached hydrogen (secondary N) is 1. The minimum absolute atomic E-state index is 0.137. The smallest absolute Gasteiger partial charge is 0.229 e. The van der Waals surface area contributed by atoms with Crippen LogP contribution in [0.15, 0.2) is 42.7 Å². The van der Waals surface area contributed by atoms with Crippen LogP contribution in [0.2, 0.25) is 0 Å². The average molecular weight is 463 g/mol. The van der Waals surface area contributed by atoms with Crippen LogP contribution in [-0.4, -0.2) is 34.7 Å². The minimum atomic E-state index is -0.507. The van der Waals surface area contributed by atoms with Crippen molar-refractivity contribution in [1.29, 1.82) is 0 Å². The number of carbonyl (C=O) groups excluding carboxylic acids is 1. The summed E-state index contributed by atoms with van der Waals surface area (Å²) in [4.78, 5) is 21.2. The van der Waals surface area contributed by atoms with E-state index in [0.717, 1.165) is 22.5 Å². The zero-order chi connectivity index (χ0) is 23.8. The number of ether oxygens (including phenoxy) is 3. The van der Waals surface area contributed by atoms with Crippen molar-refractivity contribution in [3.05, 3.63) is 65.4 Å². The lowest BCUT2D eigenvalue weighted by molar-refractivity contribution is -0.115. The van der Waals surface area contributed by atoms with Gasteiger partial charge in [0.05, 0.1) is 45.2 Å². The SMILES string of the molecule is COc1ccc(CC(=O)Nc2ccc(-n3c4c(c5ncnc(N)c53)COC4)cc2OC)c(F)c1. The number of fused-ring (bicyclic) bond motifs is 3. The number of hydrogen-bond acceptors (Lipinski definition) is 7. The van der Waals surface area contributed by atoms with Crippen LogP contribution in [0.25, 0.3) is 16.7 Å². The van der Waals surface area contributed by atoms with E-state index in [1.807, 2.05) is 10.6 Å². The molecule has 0 bridgehead atoms. The van der Waals surface area contributed by atoms with E-state index >= 15 is 0 Å². The standard InChI is InChI=1S/C24H22FN5O4/c1-32-15-5-3-13(17(25)9-15)7-21(31)29-18-6-4-14(8-20(18)33-2)30-19-11-34-10-16(19)22-23(30)24(26)28-12-27-22/h3-6,8-9,12H,7,10-11H2,1-2H3,(H,29,31)(H2,26,27,28). The van der Waals surface area contributed by atoms with Gasteiger partial charge in [-0.15, -0.1) is 0 Å². The molecule has 0 radical (unpaired) electrons. The fraction of sp³-hybridized carbons (Fsp3) is 0.208. The van der Waals surface area contributed by atoms with E-state index in [9.17, 15) is 9.18 Å². The molecule has 0 unspecified atom stereocenters. The molecular formula is C24H22FN5O4. The van der Waals surface area contributed by atoms with Crippen LogP contribution < -0.4 is 20.5 Å². The molecule has 174 valence electrons. The molecule has 2 aromatic heterocycles. The monoisotopic (exact) mass is 463 g/mol. The molecule has 10 heteroatoms. The zero-order valence-electron chi connectivity index (χ0n) is 18.6. The molecule has 3 heterocycles. The van der Waals surface area contributed by atoms with Crippen LogP contribution in [0.1, 0.15) is 16.8 Å². The van der Waals surface area contributed by atoms with E-state index < -0.39 is 5.82 Å². The van der Waals surface area contributed by atoms with Gasteiger partial charge < -0.3 is 29.8 Å². The number of hydrogen-bond donors (Lipinski definition) is 2. The summed E-state index contributed by atoms with van der Waals surface area (Å²) in [5.74, 6) is 0.295. The van der Waals surface area contributed by atoms with Crippen molar-refractivity contribution in [3.8, 4) is 17.2 Å². The lowest BCUT2D eigenvalue weighted by Crippen LogP contribution is -2.16. The van der Waals surface area contributed by atoms with Gasteiger partial charge in [-0.2, -0.15) is 0 Å². The van der Waals surface area contributed by atoms with Crippen LogP contribution >= 0.6 is 0 Å². The molecule has 0 saturated carbocycles. The largest absolute Gasteiger partial charge is 0.497 e. The maximum atomic E-state index is 14.2. The number of methoxy groups -OCH3 is 2. The predicted molar refractivity (Wildman–Crippen MR) is 124 cm³/mol. The third-order valence-corrected chi connectivity index (χ3v) is 5.79. The first-order chi connectivity index (χ1) is 16.5. The Morgan fingerprint density at radius 3 is 2.79 bits per heavy atom. The van der Waals surface area contributed by atoms with E-state index in [-0.39, 0.29) is 17.9 Å². The molecule has 0 aliphatic carbocycles. The highest BCUT2D eigenvalue weighted by atomic mass is 19.1. The summed E-state index contributed by atoms with van der Waals surface area (Å²) in [7, 11) is 2.97. The van der Waals surface area contributed by atoms with Gasteiger partial charge in [0.2, 0.25) is 5.91 Å². The maximum Gasteiger partial charge on any atom is 0.229 e. The van der Waals surface area contributed by atoms with Gasteiger partial charge in [0.15, 0.2) is 5.82 Å². The van der Waals surface area contributed by atoms with E-state index in [0.29, 0.717) is 41.7 Å². The highest BCUT2D eigenvalue weighted by molar-refractivity contribution is 5.94. The lowest BCUT2D eigenvalue weighted by Gasteiger charge is -2.15. The van der Waals surface area contributed by atoms with Gasteiger partial charge in [0.25, 0.3) is 0 Å². The van der Waals surface area contributed by atoms with Gasteiger partial charge in [0.1, 0.15) is 34.7 Å². The molecule has 1 aliphatic heterocycles. The van der Waals surface area contributed by atoms with Crippen LogP contribution in [0, 0.1) is 5.82 Å². The summed E-state index contributed by atoms with van der Waals surface area (Å²) in [5.41, 5.74) is 11.0. The number of nitrogens with zero attached hydrogens (tertiary/aromatic N) is 3. The second-order valence-electron chi connectivity index (χ2n) is 7.78. The van der Waals surface area contributed by atoms with Gasteiger partial charge in [-0.3, -0.25) is 4.79 Å². The minimum Gasteiger partial charge on any atom is -0.497 e. The maximum absolute atomic E-state index is 14.2. The van der Waals surface area contributed by atoms with Gasteiger partial charge in [-0.1, -0.05) is 6.07 Å². The molecule has 1 aliphatic rings. The summed E-state index contributed by atoms with van der Waals surface area (Å²) in [6.45, 7) is 0.863. The summed E-state index contributed by atoms with van der Waals surface area (Å²) >= 11 is 0. The predicted octanol–water partition coefficient (Wildman–Crippen LogP) is 3.37. The molecule has 0 atom stereocenters. The van der Waals surface area contributed by atoms with Crippen molar-refractivity contribution in [2.45, 2.75) is 19.6 Å². The molecule has 2 aromatic carbocycles. The van der Waals surface area contributed by atoms with Crippen LogP contribution in [-0.2, 0) is 29.2 Å². The fourth-order valence-electron chi connectivity index (χ4n) is 4.17. The van der Waals surface area contributed by atoms with E-state index in [4.69, 9.17) is 19.9 Å². The fourth-order valence-corrected chi connectivity index (χ4v) is 4.17. The highest BCUT2D eigenvalue weighted by Crippen LogP contribution is 2.37. The summed E-state index contributed by atoms with van der Waals surface area (Å²) < 4.78 is 32.4. The summed E-state index contributed by atoms with van der Waals surface area (Å²) in [6.07, 6.45) is 1.30. The molecule has 0 fully saturated rings. The van der Waals surface area contributed by atoms with Crippen LogP contribution in [0.3, 0.4) is 0 Å². The Morgan fingerprint density at radius 1 is 1.18 bits per heavy atom. The molecule has 3 N–H and O–H groups in total. The molecular weight excluding hydrogens is 441 g/mol. The van der Waals surface area contributed by atoms with Gasteiger partial charge in [-0.25, -0.2) is 14.4 Å². The normalized spacial score (nSPS) is 12.6. The highest BCUT2D eigenvalue weighted by Gasteiger charge is 2.26. The number of halogens is 1. The summed E-state index contributed by atoms with van der Waals surface area (Å²) in [5, 5.41) is 2.79. The molecule has 9 nitrogen and oxygen atoms in total. The van der Waals surface area contributed by atoms with Crippen molar-refractivity contribution in [1.82, 2.24) is 14.5 Å². The molecule has 34 heavy (non-hydrogen) atoms. The molecule has 0 spiro atoms. The van der Waals surface area contributed by atoms with E-state index in [1.54, 1.807) is 18.2 Å². The number of anilines is 2. The Kier molecular flexibility index (Phi) is 5.50. The molecule has 0 saturated heterocycles. The Bertz CT molecular complexity index is 1420. The zero-order valence-corrected chi connectivity index (χ0v) is 18.6. The first-order valence-corrected chi connectivity index (χ1v) is 10.5. The number of carbonyl (C=O) groups is 1. The van der Waals surface area contributed by atoms with Gasteiger partial charge >= 0.3 is 0 Å². The van der Waals surface area contributed by atoms with Crippen molar-refractivity contribution >= 4 is 28.4 Å². The quantitative estimate of drug-likeness (QED) is 0.451. The number of nitrogens with two attached hydrogens (primary N) is 1.